The first kappa shape index (κ1) is 28.8. The van der Waals surface area contributed by atoms with Crippen LogP contribution in [0.5, 0.6) is 0 Å². The first-order chi connectivity index (χ1) is 18.0. The normalized spacial score (nSPS) is 25.5. The highest BCUT2D eigenvalue weighted by molar-refractivity contribution is 7.89. The number of amides is 1. The zero-order valence-corrected chi connectivity index (χ0v) is 23.6. The summed E-state index contributed by atoms with van der Waals surface area (Å²) in [7, 11) is -3.69. The third kappa shape index (κ3) is 6.18. The maximum Gasteiger partial charge on any atom is 0.306 e. The summed E-state index contributed by atoms with van der Waals surface area (Å²) in [5, 5.41) is 10.5. The van der Waals surface area contributed by atoms with E-state index in [4.69, 9.17) is 27.9 Å². The van der Waals surface area contributed by atoms with Gasteiger partial charge in [-0.05, 0) is 61.6 Å². The Morgan fingerprint density at radius 3 is 2.42 bits per heavy atom. The van der Waals surface area contributed by atoms with Gasteiger partial charge in [0.2, 0.25) is 10.0 Å². The zero-order valence-electron chi connectivity index (χ0n) is 21.3. The van der Waals surface area contributed by atoms with Crippen molar-refractivity contribution in [1.82, 2.24) is 9.21 Å². The van der Waals surface area contributed by atoms with E-state index in [-0.39, 0.29) is 11.8 Å². The number of carboxylic acid groups (broad SMARTS) is 1. The molecule has 0 spiro atoms. The molecule has 38 heavy (non-hydrogen) atoms. The average molecular weight is 584 g/mol. The lowest BCUT2D eigenvalue weighted by Crippen LogP contribution is -2.57. The Balaban J connectivity index is 1.83. The first-order valence-corrected chi connectivity index (χ1v) is 15.1. The van der Waals surface area contributed by atoms with Gasteiger partial charge >= 0.3 is 5.97 Å². The highest BCUT2D eigenvalue weighted by Gasteiger charge is 2.48. The largest absolute Gasteiger partial charge is 0.481 e. The number of rotatable bonds is 9. The van der Waals surface area contributed by atoms with E-state index in [1.165, 1.54) is 9.21 Å². The van der Waals surface area contributed by atoms with Gasteiger partial charge in [-0.3, -0.25) is 9.59 Å². The van der Waals surface area contributed by atoms with Crippen molar-refractivity contribution < 1.29 is 27.9 Å². The zero-order chi connectivity index (χ0) is 27.6. The van der Waals surface area contributed by atoms with Crippen molar-refractivity contribution in [3.05, 3.63) is 69.7 Å². The van der Waals surface area contributed by atoms with Crippen LogP contribution in [-0.4, -0.2) is 65.1 Å². The highest BCUT2D eigenvalue weighted by atomic mass is 35.5. The molecule has 0 bridgehead atoms. The average Bonchev–Trinajstić information content (AvgIpc) is 3.31. The second kappa shape index (κ2) is 11.9. The smallest absolute Gasteiger partial charge is 0.306 e. The molecule has 5 atom stereocenters. The Labute approximate surface area is 233 Å². The lowest BCUT2D eigenvalue weighted by Gasteiger charge is -2.48. The minimum absolute atomic E-state index is 0.107. The maximum atomic E-state index is 13.9. The summed E-state index contributed by atoms with van der Waals surface area (Å²) >= 11 is 12.4. The Bertz CT molecular complexity index is 1270. The number of aliphatic carboxylic acids is 1. The molecule has 1 amide bonds. The quantitative estimate of drug-likeness (QED) is 0.442. The van der Waals surface area contributed by atoms with E-state index in [1.54, 1.807) is 48.5 Å². The number of nitrogens with zero attached hydrogens (tertiary/aromatic N) is 2. The fourth-order valence-electron chi connectivity index (χ4n) is 5.45. The van der Waals surface area contributed by atoms with Crippen LogP contribution in [0.25, 0.3) is 0 Å². The van der Waals surface area contributed by atoms with E-state index < -0.39 is 52.6 Å². The van der Waals surface area contributed by atoms with E-state index in [0.717, 1.165) is 12.8 Å². The van der Waals surface area contributed by atoms with Crippen LogP contribution in [0.4, 0.5) is 0 Å². The van der Waals surface area contributed by atoms with Crippen molar-refractivity contribution in [3.8, 4) is 0 Å². The van der Waals surface area contributed by atoms with E-state index in [9.17, 15) is 23.1 Å². The van der Waals surface area contributed by atoms with Crippen molar-refractivity contribution in [3.63, 3.8) is 0 Å². The summed E-state index contributed by atoms with van der Waals surface area (Å²) in [5.41, 5.74) is 1.34. The van der Waals surface area contributed by atoms with Crippen LogP contribution in [0.2, 0.25) is 10.0 Å². The lowest BCUT2D eigenvalue weighted by atomic mass is 9.89. The molecule has 2 aromatic rings. The first-order valence-electron chi connectivity index (χ1n) is 12.7. The molecule has 0 aliphatic carbocycles. The summed E-state index contributed by atoms with van der Waals surface area (Å²) in [4.78, 5) is 27.1. The molecule has 0 aromatic heterocycles. The molecule has 2 aliphatic rings. The number of halogens is 2. The molecule has 0 radical (unpaired) electrons. The SMILES string of the molecule is CC[C@@H](CS(=O)(=O)N1CCC[C@H]1C)N1C(=O)[C@@H](CC(=O)O)O[C@H](c2cccc(Cl)c2)[C@H]1c1ccc(Cl)cc1. The monoisotopic (exact) mass is 582 g/mol. The minimum atomic E-state index is -3.69. The third-order valence-electron chi connectivity index (χ3n) is 7.29. The summed E-state index contributed by atoms with van der Waals surface area (Å²) in [6.07, 6.45) is -0.705. The van der Waals surface area contributed by atoms with Crippen molar-refractivity contribution in [1.29, 1.82) is 0 Å². The van der Waals surface area contributed by atoms with Gasteiger partial charge in [-0.15, -0.1) is 0 Å². The van der Waals surface area contributed by atoms with Gasteiger partial charge in [-0.25, -0.2) is 8.42 Å². The van der Waals surface area contributed by atoms with Crippen LogP contribution in [0, 0.1) is 0 Å². The van der Waals surface area contributed by atoms with Gasteiger partial charge in [0.25, 0.3) is 5.91 Å². The second-order valence-electron chi connectivity index (χ2n) is 9.88. The number of morpholine rings is 1. The minimum Gasteiger partial charge on any atom is -0.481 e. The number of ether oxygens (including phenoxy) is 1. The number of benzene rings is 2. The molecule has 1 N–H and O–H groups in total. The molecule has 4 rings (SSSR count). The molecule has 2 aromatic carbocycles. The summed E-state index contributed by atoms with van der Waals surface area (Å²) < 4.78 is 34.8. The molecule has 2 aliphatic heterocycles. The van der Waals surface area contributed by atoms with Crippen LogP contribution in [0.15, 0.2) is 48.5 Å². The van der Waals surface area contributed by atoms with Gasteiger partial charge in [0.15, 0.2) is 0 Å². The van der Waals surface area contributed by atoms with E-state index in [0.29, 0.717) is 34.1 Å². The molecule has 11 heteroatoms. The topological polar surface area (TPSA) is 104 Å². The molecule has 2 fully saturated rings. The summed E-state index contributed by atoms with van der Waals surface area (Å²) in [5.74, 6) is -2.02. The standard InChI is InChI=1S/C27H32Cl2N2O6S/c1-3-22(16-38(35,36)30-13-5-6-17(30)2)31-25(18-9-11-20(28)12-10-18)26(19-7-4-8-21(29)14-19)37-23(27(31)34)15-24(32)33/h4,7-12,14,17,22-23,25-26H,3,5-6,13,15-16H2,1-2H3,(H,32,33)/t17-,22+,23-,25-,26-/m1/s1. The number of carbonyl (C=O) groups excluding carboxylic acids is 1. The fraction of sp³-hybridized carbons (Fsp3) is 0.481. The number of carbonyl (C=O) groups is 2. The van der Waals surface area contributed by atoms with Gasteiger partial charge in [0.1, 0.15) is 12.2 Å². The van der Waals surface area contributed by atoms with Gasteiger partial charge < -0.3 is 14.7 Å². The summed E-state index contributed by atoms with van der Waals surface area (Å²) in [6, 6.07) is 12.4. The Morgan fingerprint density at radius 1 is 1.13 bits per heavy atom. The predicted molar refractivity (Wildman–Crippen MR) is 146 cm³/mol. The van der Waals surface area contributed by atoms with Crippen molar-refractivity contribution in [2.75, 3.05) is 12.3 Å². The number of hydrogen-bond donors (Lipinski definition) is 1. The Morgan fingerprint density at radius 2 is 1.84 bits per heavy atom. The predicted octanol–water partition coefficient (Wildman–Crippen LogP) is 5.07. The molecular formula is C27H32Cl2N2O6S. The molecule has 0 unspecified atom stereocenters. The highest BCUT2D eigenvalue weighted by Crippen LogP contribution is 2.45. The maximum absolute atomic E-state index is 13.9. The second-order valence-corrected chi connectivity index (χ2v) is 12.7. The Kier molecular flexibility index (Phi) is 9.04. The summed E-state index contributed by atoms with van der Waals surface area (Å²) in [6.45, 7) is 4.17. The van der Waals surface area contributed by atoms with E-state index >= 15 is 0 Å². The number of sulfonamides is 1. The van der Waals surface area contributed by atoms with Gasteiger partial charge in [-0.1, -0.05) is 54.4 Å². The number of hydrogen-bond acceptors (Lipinski definition) is 5. The molecular weight excluding hydrogens is 551 g/mol. The van der Waals surface area contributed by atoms with Gasteiger partial charge in [0.05, 0.1) is 18.2 Å². The van der Waals surface area contributed by atoms with Crippen LogP contribution in [0.3, 0.4) is 0 Å². The van der Waals surface area contributed by atoms with Crippen molar-refractivity contribution in [2.45, 2.75) is 69.9 Å². The Hall–Kier alpha value is -2.17. The molecule has 2 saturated heterocycles. The van der Waals surface area contributed by atoms with E-state index in [2.05, 4.69) is 0 Å². The fourth-order valence-corrected chi connectivity index (χ4v) is 7.91. The van der Waals surface area contributed by atoms with Crippen LogP contribution < -0.4 is 0 Å². The molecule has 8 nitrogen and oxygen atoms in total. The van der Waals surface area contributed by atoms with Crippen LogP contribution >= 0.6 is 23.2 Å². The van der Waals surface area contributed by atoms with Crippen LogP contribution in [0.1, 0.15) is 62.8 Å². The van der Waals surface area contributed by atoms with Crippen molar-refractivity contribution >= 4 is 45.1 Å². The molecule has 206 valence electrons. The van der Waals surface area contributed by atoms with Crippen molar-refractivity contribution in [2.24, 2.45) is 0 Å². The lowest BCUT2D eigenvalue weighted by molar-refractivity contribution is -0.182. The van der Waals surface area contributed by atoms with Gasteiger partial charge in [0, 0.05) is 28.7 Å². The third-order valence-corrected chi connectivity index (χ3v) is 9.84. The number of carboxylic acids is 1. The van der Waals surface area contributed by atoms with Crippen LogP contribution in [-0.2, 0) is 24.3 Å². The molecule has 0 saturated carbocycles. The van der Waals surface area contributed by atoms with Gasteiger partial charge in [-0.2, -0.15) is 4.31 Å². The molecule has 2 heterocycles. The van der Waals surface area contributed by atoms with E-state index in [1.807, 2.05) is 13.8 Å².